The van der Waals surface area contributed by atoms with E-state index in [4.69, 9.17) is 16.3 Å². The first-order chi connectivity index (χ1) is 13.7. The number of ether oxygens (including phenoxy) is 1. The van der Waals surface area contributed by atoms with E-state index < -0.39 is 12.0 Å². The summed E-state index contributed by atoms with van der Waals surface area (Å²) in [5, 5.41) is 0.549. The molecule has 6 nitrogen and oxygen atoms in total. The van der Waals surface area contributed by atoms with Crippen LogP contribution in [0.5, 0.6) is 0 Å². The van der Waals surface area contributed by atoms with E-state index in [0.29, 0.717) is 39.9 Å². The van der Waals surface area contributed by atoms with Gasteiger partial charge in [0.2, 0.25) is 0 Å². The molecule has 29 heavy (non-hydrogen) atoms. The lowest BCUT2D eigenvalue weighted by molar-refractivity contribution is 0.0592. The summed E-state index contributed by atoms with van der Waals surface area (Å²) in [6, 6.07) is 6.00. The molecule has 1 aromatic heterocycles. The molecule has 154 valence electrons. The normalized spacial score (nSPS) is 14.4. The summed E-state index contributed by atoms with van der Waals surface area (Å²) in [6.07, 6.45) is 2.11. The van der Waals surface area contributed by atoms with Gasteiger partial charge in [-0.2, -0.15) is 0 Å². The first-order valence-electron chi connectivity index (χ1n) is 9.62. The number of carbonyl (C=O) groups is 3. The van der Waals surface area contributed by atoms with Gasteiger partial charge in [0.15, 0.2) is 5.78 Å². The molecule has 7 heteroatoms. The maximum Gasteiger partial charge on any atom is 0.354 e. The summed E-state index contributed by atoms with van der Waals surface area (Å²) >= 11 is 5.94. The summed E-state index contributed by atoms with van der Waals surface area (Å²) in [5.74, 6) is -0.507. The predicted octanol–water partition coefficient (Wildman–Crippen LogP) is 4.20. The van der Waals surface area contributed by atoms with Gasteiger partial charge in [-0.3, -0.25) is 9.59 Å². The second kappa shape index (κ2) is 8.41. The Morgan fingerprint density at radius 3 is 2.38 bits per heavy atom. The van der Waals surface area contributed by atoms with Crippen molar-refractivity contribution in [1.29, 1.82) is 0 Å². The number of hydrogen-bond acceptors (Lipinski definition) is 4. The number of methoxy groups -OCH3 is 1. The number of halogens is 1. The minimum absolute atomic E-state index is 0.200. The second-order valence-corrected chi connectivity index (χ2v) is 8.00. The van der Waals surface area contributed by atoms with Crippen LogP contribution < -0.4 is 0 Å². The van der Waals surface area contributed by atoms with Crippen LogP contribution in [0.1, 0.15) is 62.2 Å². The van der Waals surface area contributed by atoms with Crippen LogP contribution in [0.2, 0.25) is 5.02 Å². The molecule has 0 unspecified atom stereocenters. The van der Waals surface area contributed by atoms with Crippen molar-refractivity contribution in [2.24, 2.45) is 5.92 Å². The average molecular weight is 417 g/mol. The lowest BCUT2D eigenvalue weighted by Crippen LogP contribution is -2.44. The van der Waals surface area contributed by atoms with Crippen molar-refractivity contribution in [3.8, 4) is 0 Å². The van der Waals surface area contributed by atoms with E-state index in [1.807, 2.05) is 0 Å². The highest BCUT2D eigenvalue weighted by molar-refractivity contribution is 6.30. The fourth-order valence-corrected chi connectivity index (χ4v) is 3.66. The second-order valence-electron chi connectivity index (χ2n) is 7.56. The van der Waals surface area contributed by atoms with Gasteiger partial charge in [-0.1, -0.05) is 11.6 Å². The van der Waals surface area contributed by atoms with Gasteiger partial charge < -0.3 is 14.6 Å². The number of hydrogen-bond donors (Lipinski definition) is 1. The largest absolute Gasteiger partial charge is 0.464 e. The minimum Gasteiger partial charge on any atom is -0.464 e. The number of carbonyl (C=O) groups excluding carboxylic acids is 3. The number of nitrogens with one attached hydrogen (secondary N) is 1. The maximum absolute atomic E-state index is 13.4. The van der Waals surface area contributed by atoms with Crippen molar-refractivity contribution < 1.29 is 19.1 Å². The van der Waals surface area contributed by atoms with Crippen LogP contribution in [0, 0.1) is 19.8 Å². The van der Waals surface area contributed by atoms with Crippen LogP contribution >= 0.6 is 11.6 Å². The number of aryl methyl sites for hydroxylation is 1. The van der Waals surface area contributed by atoms with Crippen molar-refractivity contribution in [2.45, 2.75) is 39.7 Å². The predicted molar refractivity (Wildman–Crippen MR) is 111 cm³/mol. The molecule has 1 amide bonds. The Morgan fingerprint density at radius 2 is 1.83 bits per heavy atom. The number of H-pyrrole nitrogens is 1. The number of benzene rings is 1. The van der Waals surface area contributed by atoms with E-state index in [2.05, 4.69) is 4.98 Å². The number of Topliss-reactive ketones (excluding diaryl/α,β-unsaturated/α-hetero) is 1. The highest BCUT2D eigenvalue weighted by atomic mass is 35.5. The van der Waals surface area contributed by atoms with E-state index in [-0.39, 0.29) is 17.4 Å². The number of rotatable bonds is 7. The Hall–Kier alpha value is -2.60. The summed E-state index contributed by atoms with van der Waals surface area (Å²) in [5.41, 5.74) is 2.31. The van der Waals surface area contributed by atoms with Gasteiger partial charge in [0.25, 0.3) is 5.91 Å². The fraction of sp³-hybridized carbons (Fsp3) is 0.409. The Balaban J connectivity index is 1.91. The topological polar surface area (TPSA) is 79.5 Å². The monoisotopic (exact) mass is 416 g/mol. The average Bonchev–Trinajstić information content (AvgIpc) is 3.48. The number of ketones is 1. The molecule has 1 aliphatic carbocycles. The number of nitrogens with zero attached hydrogens (tertiary/aromatic N) is 1. The van der Waals surface area contributed by atoms with Crippen molar-refractivity contribution >= 4 is 29.3 Å². The van der Waals surface area contributed by atoms with E-state index in [1.165, 1.54) is 7.11 Å². The lowest BCUT2D eigenvalue weighted by Gasteiger charge is -2.29. The quantitative estimate of drug-likeness (QED) is 0.542. The van der Waals surface area contributed by atoms with Crippen molar-refractivity contribution in [2.75, 3.05) is 13.7 Å². The lowest BCUT2D eigenvalue weighted by atomic mass is 9.99. The summed E-state index contributed by atoms with van der Waals surface area (Å²) in [6.45, 7) is 5.72. The molecule has 0 radical (unpaired) electrons. The molecule has 1 atom stereocenters. The number of amides is 1. The number of aromatic nitrogens is 1. The standard InChI is InChI=1S/C22H25ClN2O4/c1-12-18(13(2)24-19(12)22(28)29-4)20(26)14(3)25(11-15-5-6-15)21(27)16-7-9-17(23)10-8-16/h7-10,14-15,24H,5-6,11H2,1-4H3/t14-/m0/s1. The van der Waals surface area contributed by atoms with Crippen LogP contribution in [0.25, 0.3) is 0 Å². The molecule has 0 bridgehead atoms. The zero-order chi connectivity index (χ0) is 21.3. The summed E-state index contributed by atoms with van der Waals surface area (Å²) in [4.78, 5) is 43.1. The van der Waals surface area contributed by atoms with Gasteiger partial charge in [-0.15, -0.1) is 0 Å². The number of aromatic amines is 1. The molecule has 1 aliphatic rings. The van der Waals surface area contributed by atoms with Crippen LogP contribution in [-0.4, -0.2) is 47.2 Å². The Morgan fingerprint density at radius 1 is 1.21 bits per heavy atom. The highest BCUT2D eigenvalue weighted by Gasteiger charge is 2.35. The fourth-order valence-electron chi connectivity index (χ4n) is 3.53. The Labute approximate surface area is 175 Å². The highest BCUT2D eigenvalue weighted by Crippen LogP contribution is 2.32. The van der Waals surface area contributed by atoms with Gasteiger partial charge in [0.05, 0.1) is 13.2 Å². The molecular weight excluding hydrogens is 392 g/mol. The number of esters is 1. The molecule has 2 aromatic rings. The van der Waals surface area contributed by atoms with Crippen LogP contribution in [0.3, 0.4) is 0 Å². The molecule has 1 saturated carbocycles. The molecule has 3 rings (SSSR count). The van der Waals surface area contributed by atoms with E-state index in [1.54, 1.807) is 49.9 Å². The molecule has 0 aliphatic heterocycles. The van der Waals surface area contributed by atoms with Crippen LogP contribution in [0.15, 0.2) is 24.3 Å². The zero-order valence-electron chi connectivity index (χ0n) is 17.0. The Kier molecular flexibility index (Phi) is 6.13. The summed E-state index contributed by atoms with van der Waals surface area (Å²) in [7, 11) is 1.30. The van der Waals surface area contributed by atoms with Crippen LogP contribution in [0.4, 0.5) is 0 Å². The van der Waals surface area contributed by atoms with Crippen molar-refractivity contribution in [3.63, 3.8) is 0 Å². The zero-order valence-corrected chi connectivity index (χ0v) is 17.8. The van der Waals surface area contributed by atoms with Gasteiger partial charge >= 0.3 is 5.97 Å². The maximum atomic E-state index is 13.4. The Bertz CT molecular complexity index is 944. The SMILES string of the molecule is COC(=O)c1[nH]c(C)c(C(=O)[C@H](C)N(CC2CC2)C(=O)c2ccc(Cl)cc2)c1C. The van der Waals surface area contributed by atoms with Crippen molar-refractivity contribution in [3.05, 3.63) is 57.4 Å². The molecule has 0 spiro atoms. The first-order valence-corrected chi connectivity index (χ1v) is 10.0. The summed E-state index contributed by atoms with van der Waals surface area (Å²) < 4.78 is 4.78. The van der Waals surface area contributed by atoms with E-state index in [9.17, 15) is 14.4 Å². The van der Waals surface area contributed by atoms with Gasteiger partial charge in [-0.05, 0) is 69.4 Å². The molecule has 0 saturated heterocycles. The third-order valence-electron chi connectivity index (χ3n) is 5.42. The van der Waals surface area contributed by atoms with Gasteiger partial charge in [0, 0.05) is 28.4 Å². The van der Waals surface area contributed by atoms with E-state index in [0.717, 1.165) is 12.8 Å². The molecule has 1 N–H and O–H groups in total. The smallest absolute Gasteiger partial charge is 0.354 e. The third-order valence-corrected chi connectivity index (χ3v) is 5.68. The molecule has 1 aromatic carbocycles. The molecule has 1 heterocycles. The van der Waals surface area contributed by atoms with Crippen molar-refractivity contribution in [1.82, 2.24) is 9.88 Å². The third kappa shape index (κ3) is 4.37. The molecular formula is C22H25ClN2O4. The van der Waals surface area contributed by atoms with Crippen LogP contribution in [-0.2, 0) is 4.74 Å². The first kappa shape index (κ1) is 21.1. The minimum atomic E-state index is -0.669. The van der Waals surface area contributed by atoms with Gasteiger partial charge in [0.1, 0.15) is 5.69 Å². The molecule has 1 fully saturated rings. The van der Waals surface area contributed by atoms with Gasteiger partial charge in [-0.25, -0.2) is 4.79 Å². The van der Waals surface area contributed by atoms with E-state index >= 15 is 0 Å².